The first-order valence-corrected chi connectivity index (χ1v) is 15.9. The zero-order valence-electron chi connectivity index (χ0n) is 20.7. The third-order valence-electron chi connectivity index (χ3n) is 6.58. The van der Waals surface area contributed by atoms with Crippen molar-refractivity contribution in [2.75, 3.05) is 13.2 Å². The van der Waals surface area contributed by atoms with E-state index in [4.69, 9.17) is 4.43 Å². The maximum absolute atomic E-state index is 13.4. The molecule has 1 aromatic rings. The molecule has 1 unspecified atom stereocenters. The standard InChI is InChI=1S/C26H41NO3SSi/c1-8-9-10-11-14-24-20-23(13-12-19-30-32(6,7)26(3,4)5)21-27(24)31(28,29)25-17-15-22(2)16-18-25/h8,12-13,15-18,20,24H,1,9-11,14,19,21H2,2-7H3/b13-12-. The summed E-state index contributed by atoms with van der Waals surface area (Å²) in [6, 6.07) is 7.01. The van der Waals surface area contributed by atoms with Crippen molar-refractivity contribution in [1.29, 1.82) is 0 Å². The van der Waals surface area contributed by atoms with Gasteiger partial charge in [-0.2, -0.15) is 4.31 Å². The van der Waals surface area contributed by atoms with Crippen molar-refractivity contribution in [3.63, 3.8) is 0 Å². The van der Waals surface area contributed by atoms with Gasteiger partial charge in [0, 0.05) is 12.6 Å². The van der Waals surface area contributed by atoms with Crippen LogP contribution in [0.2, 0.25) is 18.1 Å². The van der Waals surface area contributed by atoms with Crippen LogP contribution in [0.1, 0.15) is 52.0 Å². The van der Waals surface area contributed by atoms with Crippen LogP contribution >= 0.6 is 0 Å². The van der Waals surface area contributed by atoms with Crippen LogP contribution in [-0.2, 0) is 14.4 Å². The number of rotatable bonds is 11. The summed E-state index contributed by atoms with van der Waals surface area (Å²) in [4.78, 5) is 0.360. The predicted octanol–water partition coefficient (Wildman–Crippen LogP) is 6.62. The number of hydrogen-bond donors (Lipinski definition) is 0. The van der Waals surface area contributed by atoms with Gasteiger partial charge >= 0.3 is 0 Å². The van der Waals surface area contributed by atoms with E-state index in [1.807, 2.05) is 37.3 Å². The van der Waals surface area contributed by atoms with Gasteiger partial charge in [-0.05, 0) is 62.0 Å². The van der Waals surface area contributed by atoms with Crippen LogP contribution in [-0.4, -0.2) is 40.2 Å². The molecule has 0 saturated carbocycles. The molecule has 1 aliphatic heterocycles. The van der Waals surface area contributed by atoms with Crippen LogP contribution in [0.15, 0.2) is 65.6 Å². The van der Waals surface area contributed by atoms with Crippen molar-refractivity contribution < 1.29 is 12.8 Å². The minimum absolute atomic E-state index is 0.118. The Morgan fingerprint density at radius 3 is 2.44 bits per heavy atom. The monoisotopic (exact) mass is 475 g/mol. The normalized spacial score (nSPS) is 18.3. The Balaban J connectivity index is 2.13. The van der Waals surface area contributed by atoms with E-state index in [1.54, 1.807) is 16.4 Å². The molecule has 0 N–H and O–H groups in total. The number of sulfonamides is 1. The molecule has 0 spiro atoms. The second-order valence-corrected chi connectivity index (χ2v) is 16.9. The number of hydrogen-bond acceptors (Lipinski definition) is 3. The number of unbranched alkanes of at least 4 members (excludes halogenated alkanes) is 2. The zero-order valence-corrected chi connectivity index (χ0v) is 22.5. The Morgan fingerprint density at radius 1 is 1.19 bits per heavy atom. The summed E-state index contributed by atoms with van der Waals surface area (Å²) in [5.41, 5.74) is 2.09. The molecular formula is C26H41NO3SSi. The van der Waals surface area contributed by atoms with Gasteiger partial charge in [0.1, 0.15) is 0 Å². The van der Waals surface area contributed by atoms with Crippen molar-refractivity contribution in [1.82, 2.24) is 4.31 Å². The van der Waals surface area contributed by atoms with Gasteiger partial charge in [0.25, 0.3) is 0 Å². The maximum Gasteiger partial charge on any atom is 0.243 e. The highest BCUT2D eigenvalue weighted by atomic mass is 32.2. The third kappa shape index (κ3) is 7.01. The molecule has 4 nitrogen and oxygen atoms in total. The predicted molar refractivity (Wildman–Crippen MR) is 138 cm³/mol. The van der Waals surface area contributed by atoms with Crippen LogP contribution in [0.3, 0.4) is 0 Å². The average molecular weight is 476 g/mol. The first-order chi connectivity index (χ1) is 14.9. The highest BCUT2D eigenvalue weighted by Gasteiger charge is 2.37. The van der Waals surface area contributed by atoms with Crippen LogP contribution < -0.4 is 0 Å². The van der Waals surface area contributed by atoms with Gasteiger partial charge < -0.3 is 4.43 Å². The number of benzene rings is 1. The average Bonchev–Trinajstić information content (AvgIpc) is 3.12. The Labute approximate surface area is 197 Å². The molecule has 6 heteroatoms. The lowest BCUT2D eigenvalue weighted by atomic mass is 10.1. The Kier molecular flexibility index (Phi) is 9.29. The molecule has 0 saturated heterocycles. The summed E-state index contributed by atoms with van der Waals surface area (Å²) in [5.74, 6) is 0. The van der Waals surface area contributed by atoms with Gasteiger partial charge in [-0.3, -0.25) is 0 Å². The van der Waals surface area contributed by atoms with Crippen molar-refractivity contribution >= 4 is 18.3 Å². The lowest BCUT2D eigenvalue weighted by Gasteiger charge is -2.35. The summed E-state index contributed by atoms with van der Waals surface area (Å²) in [7, 11) is -5.35. The quantitative estimate of drug-likeness (QED) is 0.205. The van der Waals surface area contributed by atoms with Gasteiger partial charge in [0.2, 0.25) is 10.0 Å². The largest absolute Gasteiger partial charge is 0.413 e. The van der Waals surface area contributed by atoms with Gasteiger partial charge in [0.15, 0.2) is 8.32 Å². The Hall–Kier alpha value is -1.47. The molecule has 0 aliphatic carbocycles. The second-order valence-electron chi connectivity index (χ2n) is 10.2. The van der Waals surface area contributed by atoms with Gasteiger partial charge in [-0.15, -0.1) is 6.58 Å². The van der Waals surface area contributed by atoms with Crippen molar-refractivity contribution in [2.24, 2.45) is 0 Å². The lowest BCUT2D eigenvalue weighted by Crippen LogP contribution is -2.40. The minimum Gasteiger partial charge on any atom is -0.413 e. The molecule has 1 aromatic carbocycles. The van der Waals surface area contributed by atoms with Crippen LogP contribution in [0.25, 0.3) is 0 Å². The molecule has 0 fully saturated rings. The Morgan fingerprint density at radius 2 is 1.84 bits per heavy atom. The van der Waals surface area contributed by atoms with E-state index in [2.05, 4.69) is 46.5 Å². The van der Waals surface area contributed by atoms with Crippen LogP contribution in [0.4, 0.5) is 0 Å². The molecule has 0 radical (unpaired) electrons. The molecule has 1 heterocycles. The molecule has 178 valence electrons. The highest BCUT2D eigenvalue weighted by molar-refractivity contribution is 7.89. The molecule has 0 amide bonds. The summed E-state index contributed by atoms with van der Waals surface area (Å²) in [6.45, 7) is 17.9. The van der Waals surface area contributed by atoms with Crippen molar-refractivity contribution in [2.45, 2.75) is 82.4 Å². The molecule has 32 heavy (non-hydrogen) atoms. The zero-order chi connectivity index (χ0) is 24.0. The molecule has 0 aromatic heterocycles. The number of allylic oxidation sites excluding steroid dienone is 1. The van der Waals surface area contributed by atoms with Crippen molar-refractivity contribution in [3.05, 3.63) is 66.3 Å². The van der Waals surface area contributed by atoms with E-state index < -0.39 is 18.3 Å². The second kappa shape index (κ2) is 11.1. The maximum atomic E-state index is 13.4. The number of nitrogens with zero attached hydrogens (tertiary/aromatic N) is 1. The topological polar surface area (TPSA) is 46.6 Å². The minimum atomic E-state index is -3.55. The van der Waals surface area contributed by atoms with E-state index in [0.717, 1.165) is 36.8 Å². The molecule has 1 atom stereocenters. The fraction of sp³-hybridized carbons (Fsp3) is 0.538. The Bertz CT molecular complexity index is 925. The van der Waals surface area contributed by atoms with E-state index in [-0.39, 0.29) is 11.1 Å². The summed E-state index contributed by atoms with van der Waals surface area (Å²) >= 11 is 0. The van der Waals surface area contributed by atoms with Gasteiger partial charge in [-0.25, -0.2) is 8.42 Å². The molecule has 2 rings (SSSR count). The summed E-state index contributed by atoms with van der Waals surface area (Å²) < 4.78 is 34.7. The fourth-order valence-corrected chi connectivity index (χ4v) is 5.98. The lowest BCUT2D eigenvalue weighted by molar-refractivity contribution is 0.328. The first kappa shape index (κ1) is 26.8. The van der Waals surface area contributed by atoms with Gasteiger partial charge in [-0.1, -0.05) is 69.2 Å². The molecule has 0 bridgehead atoms. The third-order valence-corrected chi connectivity index (χ3v) is 13.0. The van der Waals surface area contributed by atoms with Crippen LogP contribution in [0, 0.1) is 6.92 Å². The van der Waals surface area contributed by atoms with E-state index in [9.17, 15) is 8.42 Å². The van der Waals surface area contributed by atoms with Crippen LogP contribution in [0.5, 0.6) is 0 Å². The summed E-state index contributed by atoms with van der Waals surface area (Å²) in [6.07, 6.45) is 11.9. The van der Waals surface area contributed by atoms with Crippen molar-refractivity contribution in [3.8, 4) is 0 Å². The highest BCUT2D eigenvalue weighted by Crippen LogP contribution is 2.36. The molecular weight excluding hydrogens is 434 g/mol. The SMILES string of the molecule is C=CCCCCC1C=C(/C=C\CO[Si](C)(C)C(C)(C)C)CN1S(=O)(=O)c1ccc(C)cc1. The first-order valence-electron chi connectivity index (χ1n) is 11.6. The van der Waals surface area contributed by atoms with E-state index >= 15 is 0 Å². The fourth-order valence-electron chi connectivity index (χ4n) is 3.44. The molecule has 1 aliphatic rings. The summed E-state index contributed by atoms with van der Waals surface area (Å²) in [5, 5.41) is 0.170. The van der Waals surface area contributed by atoms with E-state index in [1.165, 1.54) is 0 Å². The number of aryl methyl sites for hydroxylation is 1. The van der Waals surface area contributed by atoms with E-state index in [0.29, 0.717) is 18.0 Å². The smallest absolute Gasteiger partial charge is 0.243 e. The van der Waals surface area contributed by atoms with Gasteiger partial charge in [0.05, 0.1) is 11.5 Å².